The standard InChI is InChI=1S/C10H15N3O/c1-3-7-13(4-2)10-6-5-9(8-14)11-12-10/h3,5-6,14H,1,4,7-8H2,2H3. The monoisotopic (exact) mass is 193 g/mol. The third-order valence-corrected chi connectivity index (χ3v) is 1.92. The zero-order valence-corrected chi connectivity index (χ0v) is 8.35. The number of hydrogen-bond acceptors (Lipinski definition) is 4. The molecule has 0 aliphatic carbocycles. The fourth-order valence-electron chi connectivity index (χ4n) is 1.15. The SMILES string of the molecule is C=CCN(CC)c1ccc(CO)nn1. The van der Waals surface area contributed by atoms with Gasteiger partial charge in [-0.15, -0.1) is 11.7 Å². The van der Waals surface area contributed by atoms with E-state index in [1.165, 1.54) is 0 Å². The first-order valence-corrected chi connectivity index (χ1v) is 4.61. The topological polar surface area (TPSA) is 49.2 Å². The Morgan fingerprint density at radius 2 is 2.29 bits per heavy atom. The molecule has 0 spiro atoms. The molecule has 1 rings (SSSR count). The van der Waals surface area contributed by atoms with Crippen molar-refractivity contribution in [3.05, 3.63) is 30.5 Å². The van der Waals surface area contributed by atoms with Crippen LogP contribution in [-0.2, 0) is 6.61 Å². The Bertz CT molecular complexity index is 284. The molecule has 1 heterocycles. The summed E-state index contributed by atoms with van der Waals surface area (Å²) in [5.41, 5.74) is 0.586. The van der Waals surface area contributed by atoms with Gasteiger partial charge in [0.15, 0.2) is 5.82 Å². The Labute approximate surface area is 83.9 Å². The molecule has 4 heteroatoms. The zero-order valence-electron chi connectivity index (χ0n) is 8.35. The molecule has 0 unspecified atom stereocenters. The molecule has 0 amide bonds. The number of hydrogen-bond donors (Lipinski definition) is 1. The van der Waals surface area contributed by atoms with Crippen LogP contribution in [0.5, 0.6) is 0 Å². The minimum Gasteiger partial charge on any atom is -0.390 e. The second-order valence-corrected chi connectivity index (χ2v) is 2.87. The van der Waals surface area contributed by atoms with Crippen LogP contribution in [-0.4, -0.2) is 28.4 Å². The summed E-state index contributed by atoms with van der Waals surface area (Å²) in [5.74, 6) is 0.810. The van der Waals surface area contributed by atoms with Gasteiger partial charge in [-0.1, -0.05) is 6.08 Å². The summed E-state index contributed by atoms with van der Waals surface area (Å²) in [6.07, 6.45) is 1.82. The average Bonchev–Trinajstić information content (AvgIpc) is 2.26. The van der Waals surface area contributed by atoms with Gasteiger partial charge in [0.05, 0.1) is 12.3 Å². The molecule has 0 bridgehead atoms. The van der Waals surface area contributed by atoms with E-state index in [2.05, 4.69) is 16.8 Å². The van der Waals surface area contributed by atoms with Crippen molar-refractivity contribution in [1.82, 2.24) is 10.2 Å². The Morgan fingerprint density at radius 3 is 2.71 bits per heavy atom. The van der Waals surface area contributed by atoms with Gasteiger partial charge >= 0.3 is 0 Å². The molecule has 0 fully saturated rings. The lowest BCUT2D eigenvalue weighted by atomic mass is 10.3. The van der Waals surface area contributed by atoms with Gasteiger partial charge in [0.1, 0.15) is 0 Å². The molecule has 0 radical (unpaired) electrons. The highest BCUT2D eigenvalue weighted by Gasteiger charge is 2.03. The summed E-state index contributed by atoms with van der Waals surface area (Å²) < 4.78 is 0. The number of aliphatic hydroxyl groups excluding tert-OH is 1. The van der Waals surface area contributed by atoms with E-state index >= 15 is 0 Å². The van der Waals surface area contributed by atoms with Crippen LogP contribution in [0, 0.1) is 0 Å². The van der Waals surface area contributed by atoms with Crippen LogP contribution < -0.4 is 4.90 Å². The van der Waals surface area contributed by atoms with E-state index in [0.717, 1.165) is 18.9 Å². The fraction of sp³-hybridized carbons (Fsp3) is 0.400. The molecule has 1 aromatic heterocycles. The van der Waals surface area contributed by atoms with Gasteiger partial charge in [0, 0.05) is 13.1 Å². The third kappa shape index (κ3) is 2.53. The minimum absolute atomic E-state index is 0.0686. The molecule has 0 saturated carbocycles. The van der Waals surface area contributed by atoms with Gasteiger partial charge in [-0.2, -0.15) is 5.10 Å². The number of likely N-dealkylation sites (N-methyl/N-ethyl adjacent to an activating group) is 1. The van der Waals surface area contributed by atoms with Crippen LogP contribution in [0.25, 0.3) is 0 Å². The van der Waals surface area contributed by atoms with E-state index in [4.69, 9.17) is 5.11 Å². The van der Waals surface area contributed by atoms with Crippen LogP contribution in [0.3, 0.4) is 0 Å². The van der Waals surface area contributed by atoms with E-state index in [1.54, 1.807) is 6.07 Å². The highest BCUT2D eigenvalue weighted by Crippen LogP contribution is 2.08. The van der Waals surface area contributed by atoms with E-state index in [-0.39, 0.29) is 6.61 Å². The first kappa shape index (κ1) is 10.7. The smallest absolute Gasteiger partial charge is 0.151 e. The maximum Gasteiger partial charge on any atom is 0.151 e. The minimum atomic E-state index is -0.0686. The maximum absolute atomic E-state index is 8.80. The highest BCUT2D eigenvalue weighted by molar-refractivity contribution is 5.37. The number of aromatic nitrogens is 2. The van der Waals surface area contributed by atoms with Gasteiger partial charge in [0.25, 0.3) is 0 Å². The summed E-state index contributed by atoms with van der Waals surface area (Å²) >= 11 is 0. The fourth-order valence-corrected chi connectivity index (χ4v) is 1.15. The summed E-state index contributed by atoms with van der Waals surface area (Å²) in [4.78, 5) is 2.04. The van der Waals surface area contributed by atoms with E-state index in [1.807, 2.05) is 24.0 Å². The van der Waals surface area contributed by atoms with Crippen LogP contribution in [0.1, 0.15) is 12.6 Å². The van der Waals surface area contributed by atoms with Crippen molar-refractivity contribution >= 4 is 5.82 Å². The Balaban J connectivity index is 2.77. The summed E-state index contributed by atoms with van der Waals surface area (Å²) in [6, 6.07) is 3.62. The lowest BCUT2D eigenvalue weighted by Crippen LogP contribution is -2.23. The van der Waals surface area contributed by atoms with Crippen LogP contribution >= 0.6 is 0 Å². The molecular formula is C10H15N3O. The van der Waals surface area contributed by atoms with Gasteiger partial charge in [-0.25, -0.2) is 0 Å². The predicted octanol–water partition coefficient (Wildman–Crippen LogP) is 0.981. The Kier molecular flexibility index (Phi) is 4.07. The quantitative estimate of drug-likeness (QED) is 0.708. The summed E-state index contributed by atoms with van der Waals surface area (Å²) in [7, 11) is 0. The first-order chi connectivity index (χ1) is 6.81. The highest BCUT2D eigenvalue weighted by atomic mass is 16.3. The van der Waals surface area contributed by atoms with E-state index < -0.39 is 0 Å². The lowest BCUT2D eigenvalue weighted by Gasteiger charge is -2.18. The van der Waals surface area contributed by atoms with Crippen LogP contribution in [0.4, 0.5) is 5.82 Å². The van der Waals surface area contributed by atoms with Crippen molar-refractivity contribution in [2.45, 2.75) is 13.5 Å². The summed E-state index contributed by atoms with van der Waals surface area (Å²) in [6.45, 7) is 7.27. The van der Waals surface area contributed by atoms with E-state index in [9.17, 15) is 0 Å². The van der Waals surface area contributed by atoms with Gasteiger partial charge in [0.2, 0.25) is 0 Å². The first-order valence-electron chi connectivity index (χ1n) is 4.61. The largest absolute Gasteiger partial charge is 0.390 e. The molecule has 0 aliphatic rings. The van der Waals surface area contributed by atoms with Crippen LogP contribution in [0.15, 0.2) is 24.8 Å². The van der Waals surface area contributed by atoms with Gasteiger partial charge < -0.3 is 10.0 Å². The van der Waals surface area contributed by atoms with Gasteiger partial charge in [-0.3, -0.25) is 0 Å². The Morgan fingerprint density at radius 1 is 1.50 bits per heavy atom. The van der Waals surface area contributed by atoms with E-state index in [0.29, 0.717) is 5.69 Å². The molecule has 0 atom stereocenters. The summed E-state index contributed by atoms with van der Waals surface area (Å²) in [5, 5.41) is 16.7. The molecule has 1 aromatic rings. The number of nitrogens with zero attached hydrogens (tertiary/aromatic N) is 3. The van der Waals surface area contributed by atoms with Crippen molar-refractivity contribution < 1.29 is 5.11 Å². The third-order valence-electron chi connectivity index (χ3n) is 1.92. The van der Waals surface area contributed by atoms with Crippen molar-refractivity contribution in [3.63, 3.8) is 0 Å². The maximum atomic E-state index is 8.80. The lowest BCUT2D eigenvalue weighted by molar-refractivity contribution is 0.275. The van der Waals surface area contributed by atoms with Crippen molar-refractivity contribution in [3.8, 4) is 0 Å². The molecular weight excluding hydrogens is 178 g/mol. The molecule has 1 N–H and O–H groups in total. The number of rotatable bonds is 5. The molecule has 0 aromatic carbocycles. The number of aliphatic hydroxyl groups is 1. The van der Waals surface area contributed by atoms with Gasteiger partial charge in [-0.05, 0) is 19.1 Å². The normalized spacial score (nSPS) is 9.86. The van der Waals surface area contributed by atoms with Crippen LogP contribution in [0.2, 0.25) is 0 Å². The Hall–Kier alpha value is -1.42. The average molecular weight is 193 g/mol. The predicted molar refractivity (Wildman–Crippen MR) is 56.0 cm³/mol. The molecule has 0 saturated heterocycles. The zero-order chi connectivity index (χ0) is 10.4. The van der Waals surface area contributed by atoms with Crippen molar-refractivity contribution in [2.75, 3.05) is 18.0 Å². The second kappa shape index (κ2) is 5.34. The second-order valence-electron chi connectivity index (χ2n) is 2.87. The molecule has 0 aliphatic heterocycles. The van der Waals surface area contributed by atoms with Crippen molar-refractivity contribution in [1.29, 1.82) is 0 Å². The molecule has 76 valence electrons. The number of anilines is 1. The molecule has 14 heavy (non-hydrogen) atoms. The molecule has 4 nitrogen and oxygen atoms in total. The van der Waals surface area contributed by atoms with Crippen molar-refractivity contribution in [2.24, 2.45) is 0 Å².